The maximum Gasteiger partial charge on any atom is 0.202 e. The van der Waals surface area contributed by atoms with E-state index in [4.69, 9.17) is 0 Å². The molecule has 3 heteroatoms. The Kier molecular flexibility index (Phi) is 4.40. The molecule has 1 aromatic carbocycles. The molecule has 0 spiro atoms. The molecule has 1 aromatic heterocycles. The van der Waals surface area contributed by atoms with Crippen molar-refractivity contribution in [3.05, 3.63) is 48.3 Å². The molecular weight excluding hydrogens is 222 g/mol. The zero-order chi connectivity index (χ0) is 12.8. The molecule has 2 aromatic rings. The standard InChI is InChI=1S/C15H21N3/c1-3-18-12-11-17-15(18)16-10-9-13(2)14-7-5-4-6-8-14/h4-8,11-13H,3,9-10H2,1-2H3,(H,16,17). The number of nitrogens with zero attached hydrogens (tertiary/aromatic N) is 2. The molecule has 96 valence electrons. The number of benzene rings is 1. The molecule has 1 unspecified atom stereocenters. The number of nitrogens with one attached hydrogen (secondary N) is 1. The highest BCUT2D eigenvalue weighted by Crippen LogP contribution is 2.18. The van der Waals surface area contributed by atoms with Crippen molar-refractivity contribution in [1.82, 2.24) is 9.55 Å². The van der Waals surface area contributed by atoms with E-state index in [9.17, 15) is 0 Å². The topological polar surface area (TPSA) is 29.9 Å². The van der Waals surface area contributed by atoms with Crippen LogP contribution >= 0.6 is 0 Å². The minimum absolute atomic E-state index is 0.573. The lowest BCUT2D eigenvalue weighted by Gasteiger charge is -2.13. The Hall–Kier alpha value is -1.77. The lowest BCUT2D eigenvalue weighted by atomic mass is 9.98. The Morgan fingerprint density at radius 3 is 2.78 bits per heavy atom. The van der Waals surface area contributed by atoms with Crippen LogP contribution in [0.15, 0.2) is 42.7 Å². The highest BCUT2D eigenvalue weighted by molar-refractivity contribution is 5.26. The molecule has 0 aliphatic heterocycles. The Morgan fingerprint density at radius 1 is 1.28 bits per heavy atom. The minimum atomic E-state index is 0.573. The first-order valence-corrected chi connectivity index (χ1v) is 6.61. The Bertz CT molecular complexity index is 462. The lowest BCUT2D eigenvalue weighted by molar-refractivity contribution is 0.693. The van der Waals surface area contributed by atoms with Crippen LogP contribution in [0.25, 0.3) is 0 Å². The van der Waals surface area contributed by atoms with Gasteiger partial charge >= 0.3 is 0 Å². The normalized spacial score (nSPS) is 12.3. The van der Waals surface area contributed by atoms with E-state index < -0.39 is 0 Å². The van der Waals surface area contributed by atoms with Gasteiger partial charge in [0.15, 0.2) is 0 Å². The van der Waals surface area contributed by atoms with Crippen LogP contribution in [0.3, 0.4) is 0 Å². The van der Waals surface area contributed by atoms with E-state index in [1.54, 1.807) is 0 Å². The van der Waals surface area contributed by atoms with E-state index in [-0.39, 0.29) is 0 Å². The van der Waals surface area contributed by atoms with Gasteiger partial charge in [-0.1, -0.05) is 37.3 Å². The molecule has 0 radical (unpaired) electrons. The lowest BCUT2D eigenvalue weighted by Crippen LogP contribution is -2.10. The molecule has 1 atom stereocenters. The van der Waals surface area contributed by atoms with Crippen molar-refractivity contribution in [3.63, 3.8) is 0 Å². The summed E-state index contributed by atoms with van der Waals surface area (Å²) < 4.78 is 2.12. The molecule has 3 nitrogen and oxygen atoms in total. The molecule has 0 fully saturated rings. The monoisotopic (exact) mass is 243 g/mol. The number of aryl methyl sites for hydroxylation is 1. The molecule has 0 bridgehead atoms. The summed E-state index contributed by atoms with van der Waals surface area (Å²) >= 11 is 0. The van der Waals surface area contributed by atoms with Crippen LogP contribution in [0.2, 0.25) is 0 Å². The summed E-state index contributed by atoms with van der Waals surface area (Å²) in [4.78, 5) is 4.31. The van der Waals surface area contributed by atoms with E-state index in [2.05, 4.69) is 59.0 Å². The molecule has 18 heavy (non-hydrogen) atoms. The van der Waals surface area contributed by atoms with Gasteiger partial charge in [0, 0.05) is 25.5 Å². The van der Waals surface area contributed by atoms with E-state index in [0.29, 0.717) is 5.92 Å². The third-order valence-corrected chi connectivity index (χ3v) is 3.29. The number of hydrogen-bond donors (Lipinski definition) is 1. The number of aromatic nitrogens is 2. The number of hydrogen-bond acceptors (Lipinski definition) is 2. The van der Waals surface area contributed by atoms with Gasteiger partial charge in [-0.25, -0.2) is 4.98 Å². The van der Waals surface area contributed by atoms with Gasteiger partial charge < -0.3 is 9.88 Å². The van der Waals surface area contributed by atoms with Gasteiger partial charge in [-0.05, 0) is 24.8 Å². The van der Waals surface area contributed by atoms with Crippen molar-refractivity contribution in [2.24, 2.45) is 0 Å². The molecular formula is C15H21N3. The summed E-state index contributed by atoms with van der Waals surface area (Å²) in [6.07, 6.45) is 4.95. The minimum Gasteiger partial charge on any atom is -0.356 e. The predicted molar refractivity (Wildman–Crippen MR) is 75.9 cm³/mol. The maximum absolute atomic E-state index is 4.31. The second kappa shape index (κ2) is 6.24. The van der Waals surface area contributed by atoms with Crippen LogP contribution < -0.4 is 5.32 Å². The summed E-state index contributed by atoms with van der Waals surface area (Å²) in [5.41, 5.74) is 1.40. The highest BCUT2D eigenvalue weighted by atomic mass is 15.2. The Balaban J connectivity index is 1.82. The fraction of sp³-hybridized carbons (Fsp3) is 0.400. The average molecular weight is 243 g/mol. The quantitative estimate of drug-likeness (QED) is 0.841. The molecule has 1 N–H and O–H groups in total. The van der Waals surface area contributed by atoms with E-state index >= 15 is 0 Å². The van der Waals surface area contributed by atoms with Crippen molar-refractivity contribution in [2.75, 3.05) is 11.9 Å². The first-order valence-electron chi connectivity index (χ1n) is 6.61. The molecule has 2 rings (SSSR count). The van der Waals surface area contributed by atoms with E-state index in [1.165, 1.54) is 5.56 Å². The fourth-order valence-electron chi connectivity index (χ4n) is 2.08. The second-order valence-corrected chi connectivity index (χ2v) is 4.56. The molecule has 0 aliphatic carbocycles. The first-order chi connectivity index (χ1) is 8.81. The third kappa shape index (κ3) is 3.13. The SMILES string of the molecule is CCn1ccnc1NCCC(C)c1ccccc1. The second-order valence-electron chi connectivity index (χ2n) is 4.56. The summed E-state index contributed by atoms with van der Waals surface area (Å²) in [6, 6.07) is 10.6. The van der Waals surface area contributed by atoms with Crippen LogP contribution in [0.1, 0.15) is 31.7 Å². The van der Waals surface area contributed by atoms with Gasteiger partial charge in [0.25, 0.3) is 0 Å². The van der Waals surface area contributed by atoms with Gasteiger partial charge in [0.2, 0.25) is 5.95 Å². The zero-order valence-electron chi connectivity index (χ0n) is 11.1. The zero-order valence-corrected chi connectivity index (χ0v) is 11.1. The summed E-state index contributed by atoms with van der Waals surface area (Å²) in [7, 11) is 0. The van der Waals surface area contributed by atoms with Gasteiger partial charge in [-0.2, -0.15) is 0 Å². The first kappa shape index (κ1) is 12.7. The van der Waals surface area contributed by atoms with Crippen molar-refractivity contribution >= 4 is 5.95 Å². The molecule has 0 aliphatic rings. The van der Waals surface area contributed by atoms with Crippen LogP contribution in [0.4, 0.5) is 5.95 Å². The van der Waals surface area contributed by atoms with Crippen LogP contribution in [-0.2, 0) is 6.54 Å². The highest BCUT2D eigenvalue weighted by Gasteiger charge is 2.05. The smallest absolute Gasteiger partial charge is 0.202 e. The Morgan fingerprint density at radius 2 is 2.06 bits per heavy atom. The van der Waals surface area contributed by atoms with Crippen LogP contribution in [0.5, 0.6) is 0 Å². The van der Waals surface area contributed by atoms with Crippen molar-refractivity contribution in [2.45, 2.75) is 32.7 Å². The fourth-order valence-corrected chi connectivity index (χ4v) is 2.08. The van der Waals surface area contributed by atoms with Crippen molar-refractivity contribution in [3.8, 4) is 0 Å². The third-order valence-electron chi connectivity index (χ3n) is 3.29. The van der Waals surface area contributed by atoms with E-state index in [0.717, 1.165) is 25.5 Å². The van der Waals surface area contributed by atoms with Crippen LogP contribution in [-0.4, -0.2) is 16.1 Å². The van der Waals surface area contributed by atoms with Gasteiger partial charge in [0.1, 0.15) is 0 Å². The summed E-state index contributed by atoms with van der Waals surface area (Å²) in [6.45, 7) is 6.30. The summed E-state index contributed by atoms with van der Waals surface area (Å²) in [5.74, 6) is 1.54. The van der Waals surface area contributed by atoms with Crippen molar-refractivity contribution < 1.29 is 0 Å². The van der Waals surface area contributed by atoms with Crippen molar-refractivity contribution in [1.29, 1.82) is 0 Å². The molecule has 0 amide bonds. The maximum atomic E-state index is 4.31. The largest absolute Gasteiger partial charge is 0.356 e. The molecule has 0 saturated heterocycles. The van der Waals surface area contributed by atoms with Gasteiger partial charge in [-0.15, -0.1) is 0 Å². The molecule has 1 heterocycles. The Labute approximate surface area is 109 Å². The molecule has 0 saturated carbocycles. The summed E-state index contributed by atoms with van der Waals surface area (Å²) in [5, 5.41) is 3.40. The number of imidazole rings is 1. The predicted octanol–water partition coefficient (Wildman–Crippen LogP) is 3.51. The van der Waals surface area contributed by atoms with Gasteiger partial charge in [-0.3, -0.25) is 0 Å². The number of rotatable bonds is 6. The van der Waals surface area contributed by atoms with E-state index in [1.807, 2.05) is 12.4 Å². The van der Waals surface area contributed by atoms with Gasteiger partial charge in [0.05, 0.1) is 0 Å². The van der Waals surface area contributed by atoms with Crippen LogP contribution in [0, 0.1) is 0 Å². The average Bonchev–Trinajstić information content (AvgIpc) is 2.87. The number of anilines is 1.